The average molecular weight is 172 g/mol. The fourth-order valence-corrected chi connectivity index (χ4v) is 1.42. The predicted octanol–water partition coefficient (Wildman–Crippen LogP) is 1.22. The van der Waals surface area contributed by atoms with Gasteiger partial charge in [-0.15, -0.1) is 0 Å². The van der Waals surface area contributed by atoms with Gasteiger partial charge >= 0.3 is 0 Å². The summed E-state index contributed by atoms with van der Waals surface area (Å²) in [7, 11) is 3.93. The van der Waals surface area contributed by atoms with Gasteiger partial charge in [-0.2, -0.15) is 0 Å². The van der Waals surface area contributed by atoms with Gasteiger partial charge in [-0.25, -0.2) is 0 Å². The lowest BCUT2D eigenvalue weighted by atomic mass is 10.2. The van der Waals surface area contributed by atoms with E-state index in [-0.39, 0.29) is 0 Å². The first-order chi connectivity index (χ1) is 5.16. The third-order valence-electron chi connectivity index (χ3n) is 2.45. The summed E-state index contributed by atoms with van der Waals surface area (Å²) >= 11 is 5.12. The van der Waals surface area contributed by atoms with E-state index in [1.54, 1.807) is 0 Å². The molecule has 1 aliphatic rings. The molecule has 1 unspecified atom stereocenters. The maximum atomic E-state index is 5.12. The number of hydrogen-bond acceptors (Lipinski definition) is 1. The topological polar surface area (TPSA) is 15.3 Å². The molecule has 2 nitrogen and oxygen atoms in total. The second kappa shape index (κ2) is 3.39. The number of hydrogen-bond donors (Lipinski definition) is 1. The van der Waals surface area contributed by atoms with E-state index < -0.39 is 0 Å². The molecule has 11 heavy (non-hydrogen) atoms. The Bertz CT molecular complexity index is 154. The van der Waals surface area contributed by atoms with E-state index in [1.807, 2.05) is 7.05 Å². The zero-order chi connectivity index (χ0) is 8.43. The summed E-state index contributed by atoms with van der Waals surface area (Å²) in [5.74, 6) is 0.881. The minimum atomic E-state index is 0.606. The van der Waals surface area contributed by atoms with Crippen LogP contribution in [0.15, 0.2) is 0 Å². The van der Waals surface area contributed by atoms with Crippen molar-refractivity contribution < 1.29 is 0 Å². The largest absolute Gasteiger partial charge is 0.366 e. The van der Waals surface area contributed by atoms with E-state index in [1.165, 1.54) is 12.8 Å². The Balaban J connectivity index is 2.38. The lowest BCUT2D eigenvalue weighted by Gasteiger charge is -2.26. The fraction of sp³-hybridized carbons (Fsp3) is 0.875. The Hall–Kier alpha value is -0.310. The van der Waals surface area contributed by atoms with Crippen molar-refractivity contribution in [1.29, 1.82) is 0 Å². The molecular formula is C8H16N2S. The summed E-state index contributed by atoms with van der Waals surface area (Å²) in [6.07, 6.45) is 2.75. The van der Waals surface area contributed by atoms with Crippen LogP contribution < -0.4 is 5.32 Å². The molecule has 0 spiro atoms. The Morgan fingerprint density at radius 3 is 2.55 bits per heavy atom. The maximum absolute atomic E-state index is 5.12. The minimum Gasteiger partial charge on any atom is -0.366 e. The molecule has 0 amide bonds. The zero-order valence-corrected chi connectivity index (χ0v) is 8.24. The van der Waals surface area contributed by atoms with Gasteiger partial charge in [-0.05, 0) is 37.9 Å². The predicted molar refractivity (Wildman–Crippen MR) is 51.6 cm³/mol. The van der Waals surface area contributed by atoms with Crippen molar-refractivity contribution in [2.45, 2.75) is 25.8 Å². The van der Waals surface area contributed by atoms with Crippen LogP contribution in [0.2, 0.25) is 0 Å². The second-order valence-electron chi connectivity index (χ2n) is 3.24. The smallest absolute Gasteiger partial charge is 0.168 e. The van der Waals surface area contributed by atoms with Crippen LogP contribution in [0.5, 0.6) is 0 Å². The fourth-order valence-electron chi connectivity index (χ4n) is 1.26. The molecule has 0 aromatic carbocycles. The Morgan fingerprint density at radius 2 is 2.18 bits per heavy atom. The van der Waals surface area contributed by atoms with E-state index in [0.29, 0.717) is 6.04 Å². The number of nitrogens with zero attached hydrogens (tertiary/aromatic N) is 1. The second-order valence-corrected chi connectivity index (χ2v) is 3.63. The molecule has 0 aliphatic heterocycles. The molecule has 0 aromatic heterocycles. The number of nitrogens with one attached hydrogen (secondary N) is 1. The van der Waals surface area contributed by atoms with Crippen molar-refractivity contribution in [3.8, 4) is 0 Å². The molecule has 1 atom stereocenters. The van der Waals surface area contributed by atoms with Gasteiger partial charge in [0.15, 0.2) is 5.11 Å². The van der Waals surface area contributed by atoms with E-state index in [2.05, 4.69) is 24.2 Å². The van der Waals surface area contributed by atoms with Crippen molar-refractivity contribution in [1.82, 2.24) is 10.2 Å². The van der Waals surface area contributed by atoms with E-state index in [0.717, 1.165) is 11.0 Å². The molecule has 1 aliphatic carbocycles. The molecule has 0 radical (unpaired) electrons. The van der Waals surface area contributed by atoms with Crippen LogP contribution in [-0.2, 0) is 0 Å². The Kier molecular flexibility index (Phi) is 2.71. The molecule has 1 N–H and O–H groups in total. The molecule has 0 aromatic rings. The summed E-state index contributed by atoms with van der Waals surface area (Å²) in [6, 6.07) is 0.606. The monoisotopic (exact) mass is 172 g/mol. The average Bonchev–Trinajstić information content (AvgIpc) is 2.82. The van der Waals surface area contributed by atoms with Crippen molar-refractivity contribution in [2.24, 2.45) is 5.92 Å². The Morgan fingerprint density at radius 1 is 1.64 bits per heavy atom. The van der Waals surface area contributed by atoms with Gasteiger partial charge in [0, 0.05) is 20.1 Å². The molecule has 64 valence electrons. The van der Waals surface area contributed by atoms with E-state index >= 15 is 0 Å². The highest BCUT2D eigenvalue weighted by Gasteiger charge is 2.31. The quantitative estimate of drug-likeness (QED) is 0.631. The standard InChI is InChI=1S/C8H16N2S/c1-6(7-4-5-7)10(3)8(11)9-2/h6-7H,4-5H2,1-3H3,(H,9,11). The summed E-state index contributed by atoms with van der Waals surface area (Å²) in [5, 5.41) is 3.84. The first kappa shape index (κ1) is 8.78. The summed E-state index contributed by atoms with van der Waals surface area (Å²) in [4.78, 5) is 2.15. The molecule has 1 rings (SSSR count). The van der Waals surface area contributed by atoms with Crippen molar-refractivity contribution in [3.05, 3.63) is 0 Å². The lowest BCUT2D eigenvalue weighted by molar-refractivity contribution is 0.351. The third kappa shape index (κ3) is 2.06. The normalized spacial score (nSPS) is 19.2. The van der Waals surface area contributed by atoms with Crippen molar-refractivity contribution >= 4 is 17.3 Å². The van der Waals surface area contributed by atoms with Crippen LogP contribution >= 0.6 is 12.2 Å². The van der Waals surface area contributed by atoms with Crippen LogP contribution in [0.25, 0.3) is 0 Å². The number of thiocarbonyl (C=S) groups is 1. The summed E-state index contributed by atoms with van der Waals surface area (Å²) < 4.78 is 0. The summed E-state index contributed by atoms with van der Waals surface area (Å²) in [6.45, 7) is 2.24. The minimum absolute atomic E-state index is 0.606. The van der Waals surface area contributed by atoms with Gasteiger partial charge in [0.05, 0.1) is 0 Å². The van der Waals surface area contributed by atoms with Gasteiger partial charge in [-0.1, -0.05) is 0 Å². The highest BCUT2D eigenvalue weighted by atomic mass is 32.1. The molecule has 0 saturated heterocycles. The van der Waals surface area contributed by atoms with E-state index in [4.69, 9.17) is 12.2 Å². The van der Waals surface area contributed by atoms with Gasteiger partial charge in [0.2, 0.25) is 0 Å². The zero-order valence-electron chi connectivity index (χ0n) is 7.42. The molecular weight excluding hydrogens is 156 g/mol. The van der Waals surface area contributed by atoms with Crippen molar-refractivity contribution in [2.75, 3.05) is 14.1 Å². The van der Waals surface area contributed by atoms with Crippen LogP contribution in [-0.4, -0.2) is 30.1 Å². The Labute approximate surface area is 74.0 Å². The SMILES string of the molecule is CNC(=S)N(C)C(C)C1CC1. The van der Waals surface area contributed by atoms with Crippen LogP contribution in [0.1, 0.15) is 19.8 Å². The highest BCUT2D eigenvalue weighted by molar-refractivity contribution is 7.80. The van der Waals surface area contributed by atoms with Crippen LogP contribution in [0.4, 0.5) is 0 Å². The number of rotatable bonds is 2. The summed E-state index contributed by atoms with van der Waals surface area (Å²) in [5.41, 5.74) is 0. The molecule has 0 heterocycles. The van der Waals surface area contributed by atoms with Gasteiger partial charge < -0.3 is 10.2 Å². The molecule has 1 saturated carbocycles. The van der Waals surface area contributed by atoms with Crippen molar-refractivity contribution in [3.63, 3.8) is 0 Å². The first-order valence-corrected chi connectivity index (χ1v) is 4.52. The van der Waals surface area contributed by atoms with Crippen LogP contribution in [0, 0.1) is 5.92 Å². The molecule has 1 fully saturated rings. The van der Waals surface area contributed by atoms with E-state index in [9.17, 15) is 0 Å². The lowest BCUT2D eigenvalue weighted by Crippen LogP contribution is -2.41. The van der Waals surface area contributed by atoms with Crippen LogP contribution in [0.3, 0.4) is 0 Å². The highest BCUT2D eigenvalue weighted by Crippen LogP contribution is 2.34. The van der Waals surface area contributed by atoms with Gasteiger partial charge in [-0.3, -0.25) is 0 Å². The third-order valence-corrected chi connectivity index (χ3v) is 2.94. The first-order valence-electron chi connectivity index (χ1n) is 4.11. The van der Waals surface area contributed by atoms with Gasteiger partial charge in [0.25, 0.3) is 0 Å². The maximum Gasteiger partial charge on any atom is 0.168 e. The molecule has 0 bridgehead atoms. The van der Waals surface area contributed by atoms with Gasteiger partial charge in [0.1, 0.15) is 0 Å². The molecule has 3 heteroatoms.